The van der Waals surface area contributed by atoms with Crippen LogP contribution in [0.1, 0.15) is 34.8 Å². The van der Waals surface area contributed by atoms with Gasteiger partial charge in [-0.15, -0.1) is 0 Å². The molecule has 0 aliphatic carbocycles. The standard InChI is InChI=1S/C20H18F3N7/c1-11-6-17(20(22)23)30(27-11)18-8-14(25-10-26-18)7-16-12(2)19(28-29(16)3)15-5-4-13(21)9-24-15/h4-6,8-10,20H,7H2,1-3H3. The van der Waals surface area contributed by atoms with Crippen molar-refractivity contribution in [1.82, 2.24) is 34.5 Å². The average Bonchev–Trinajstić information content (AvgIpc) is 3.24. The van der Waals surface area contributed by atoms with Crippen LogP contribution in [0.5, 0.6) is 0 Å². The number of aryl methyl sites for hydroxylation is 2. The van der Waals surface area contributed by atoms with Crippen LogP contribution in [0.2, 0.25) is 0 Å². The zero-order valence-corrected chi connectivity index (χ0v) is 16.5. The number of rotatable bonds is 5. The van der Waals surface area contributed by atoms with Gasteiger partial charge in [0.25, 0.3) is 6.43 Å². The first-order chi connectivity index (χ1) is 14.3. The largest absolute Gasteiger partial charge is 0.280 e. The first-order valence-corrected chi connectivity index (χ1v) is 9.14. The second-order valence-corrected chi connectivity index (χ2v) is 6.87. The lowest BCUT2D eigenvalue weighted by Crippen LogP contribution is -2.08. The van der Waals surface area contributed by atoms with Crippen LogP contribution < -0.4 is 0 Å². The lowest BCUT2D eigenvalue weighted by Gasteiger charge is -2.08. The van der Waals surface area contributed by atoms with Gasteiger partial charge in [0, 0.05) is 30.8 Å². The molecule has 0 saturated heterocycles. The number of alkyl halides is 2. The van der Waals surface area contributed by atoms with Crippen LogP contribution in [0, 0.1) is 19.7 Å². The SMILES string of the molecule is Cc1cc(C(F)F)n(-c2cc(Cc3c(C)c(-c4ccc(F)cn4)nn3C)ncn2)n1. The van der Waals surface area contributed by atoms with Crippen LogP contribution in [0.25, 0.3) is 17.2 Å². The summed E-state index contributed by atoms with van der Waals surface area (Å²) in [6, 6.07) is 5.86. The van der Waals surface area contributed by atoms with Crippen molar-refractivity contribution in [3.05, 3.63) is 70.9 Å². The molecule has 30 heavy (non-hydrogen) atoms. The van der Waals surface area contributed by atoms with Crippen molar-refractivity contribution in [2.24, 2.45) is 7.05 Å². The van der Waals surface area contributed by atoms with Gasteiger partial charge in [-0.3, -0.25) is 9.67 Å². The fourth-order valence-electron chi connectivity index (χ4n) is 3.30. The third-order valence-electron chi connectivity index (χ3n) is 4.76. The van der Waals surface area contributed by atoms with Gasteiger partial charge in [-0.1, -0.05) is 0 Å². The molecule has 0 saturated carbocycles. The van der Waals surface area contributed by atoms with Crippen molar-refractivity contribution >= 4 is 0 Å². The molecule has 4 heterocycles. The summed E-state index contributed by atoms with van der Waals surface area (Å²) in [7, 11) is 1.79. The van der Waals surface area contributed by atoms with Gasteiger partial charge >= 0.3 is 0 Å². The zero-order valence-electron chi connectivity index (χ0n) is 16.5. The van der Waals surface area contributed by atoms with E-state index in [0.29, 0.717) is 29.2 Å². The van der Waals surface area contributed by atoms with Gasteiger partial charge in [0.05, 0.1) is 23.3 Å². The predicted molar refractivity (Wildman–Crippen MR) is 103 cm³/mol. The van der Waals surface area contributed by atoms with Crippen LogP contribution in [-0.4, -0.2) is 34.5 Å². The molecule has 4 rings (SSSR count). The molecule has 154 valence electrons. The van der Waals surface area contributed by atoms with Gasteiger partial charge in [0.2, 0.25) is 0 Å². The summed E-state index contributed by atoms with van der Waals surface area (Å²) < 4.78 is 42.7. The maximum Gasteiger partial charge on any atom is 0.280 e. The van der Waals surface area contributed by atoms with E-state index in [1.807, 2.05) is 6.92 Å². The van der Waals surface area contributed by atoms with Gasteiger partial charge in [-0.2, -0.15) is 10.2 Å². The number of hydrogen-bond donors (Lipinski definition) is 0. The van der Waals surface area contributed by atoms with Crippen molar-refractivity contribution in [3.8, 4) is 17.2 Å². The molecule has 4 aromatic rings. The van der Waals surface area contributed by atoms with E-state index in [9.17, 15) is 13.2 Å². The Bertz CT molecular complexity index is 1200. The molecule has 0 atom stereocenters. The summed E-state index contributed by atoms with van der Waals surface area (Å²) in [6.07, 6.45) is 0.197. The van der Waals surface area contributed by atoms with Crippen molar-refractivity contribution in [2.45, 2.75) is 26.7 Å². The van der Waals surface area contributed by atoms with E-state index >= 15 is 0 Å². The van der Waals surface area contributed by atoms with Crippen LogP contribution in [0.4, 0.5) is 13.2 Å². The zero-order chi connectivity index (χ0) is 21.4. The third-order valence-corrected chi connectivity index (χ3v) is 4.76. The highest BCUT2D eigenvalue weighted by Crippen LogP contribution is 2.25. The molecule has 0 unspecified atom stereocenters. The summed E-state index contributed by atoms with van der Waals surface area (Å²) >= 11 is 0. The Kier molecular flexibility index (Phi) is 5.06. The summed E-state index contributed by atoms with van der Waals surface area (Å²) in [5.41, 5.74) is 3.82. The Labute approximate surface area is 170 Å². The average molecular weight is 413 g/mol. The highest BCUT2D eigenvalue weighted by Gasteiger charge is 2.19. The van der Waals surface area contributed by atoms with E-state index in [1.54, 1.807) is 30.8 Å². The molecule has 10 heteroatoms. The van der Waals surface area contributed by atoms with Crippen molar-refractivity contribution in [3.63, 3.8) is 0 Å². The van der Waals surface area contributed by atoms with Crippen molar-refractivity contribution in [1.29, 1.82) is 0 Å². The maximum atomic E-state index is 13.3. The smallest absolute Gasteiger partial charge is 0.271 e. The molecule has 0 bridgehead atoms. The Morgan fingerprint density at radius 3 is 2.53 bits per heavy atom. The van der Waals surface area contributed by atoms with Gasteiger partial charge in [-0.05, 0) is 32.0 Å². The molecular formula is C20H18F3N7. The molecular weight excluding hydrogens is 395 g/mol. The number of hydrogen-bond acceptors (Lipinski definition) is 5. The molecule has 0 aliphatic rings. The summed E-state index contributed by atoms with van der Waals surface area (Å²) in [5, 5.41) is 8.63. The van der Waals surface area contributed by atoms with Crippen LogP contribution >= 0.6 is 0 Å². The van der Waals surface area contributed by atoms with Crippen LogP contribution in [-0.2, 0) is 13.5 Å². The maximum absolute atomic E-state index is 13.3. The minimum Gasteiger partial charge on any atom is -0.271 e. The number of pyridine rings is 1. The first-order valence-electron chi connectivity index (χ1n) is 9.14. The Morgan fingerprint density at radius 2 is 1.83 bits per heavy atom. The fraction of sp³-hybridized carbons (Fsp3) is 0.250. The minimum atomic E-state index is -2.67. The molecule has 0 N–H and O–H groups in total. The van der Waals surface area contributed by atoms with E-state index in [0.717, 1.165) is 22.1 Å². The predicted octanol–water partition coefficient (Wildman–Crippen LogP) is 3.74. The van der Waals surface area contributed by atoms with Gasteiger partial charge < -0.3 is 0 Å². The van der Waals surface area contributed by atoms with Gasteiger partial charge in [-0.25, -0.2) is 27.8 Å². The molecule has 0 radical (unpaired) electrons. The van der Waals surface area contributed by atoms with E-state index in [-0.39, 0.29) is 11.5 Å². The van der Waals surface area contributed by atoms with Crippen LogP contribution in [0.15, 0.2) is 36.8 Å². The molecule has 4 aromatic heterocycles. The first kappa shape index (κ1) is 19.7. The number of nitrogens with zero attached hydrogens (tertiary/aromatic N) is 7. The van der Waals surface area contributed by atoms with Crippen molar-refractivity contribution in [2.75, 3.05) is 0 Å². The Morgan fingerprint density at radius 1 is 1.03 bits per heavy atom. The summed E-state index contributed by atoms with van der Waals surface area (Å²) in [4.78, 5) is 12.5. The van der Waals surface area contributed by atoms with Crippen LogP contribution in [0.3, 0.4) is 0 Å². The van der Waals surface area contributed by atoms with Crippen molar-refractivity contribution < 1.29 is 13.2 Å². The van der Waals surface area contributed by atoms with Gasteiger partial charge in [0.1, 0.15) is 23.5 Å². The monoisotopic (exact) mass is 413 g/mol. The second-order valence-electron chi connectivity index (χ2n) is 6.87. The molecule has 0 fully saturated rings. The highest BCUT2D eigenvalue weighted by molar-refractivity contribution is 5.59. The Balaban J connectivity index is 1.68. The lowest BCUT2D eigenvalue weighted by atomic mass is 10.1. The van der Waals surface area contributed by atoms with E-state index < -0.39 is 12.2 Å². The molecule has 0 spiro atoms. The third kappa shape index (κ3) is 3.68. The second kappa shape index (κ2) is 7.69. The summed E-state index contributed by atoms with van der Waals surface area (Å²) in [5.74, 6) is -0.151. The topological polar surface area (TPSA) is 74.3 Å². The highest BCUT2D eigenvalue weighted by atomic mass is 19.3. The number of aromatic nitrogens is 7. The van der Waals surface area contributed by atoms with E-state index in [4.69, 9.17) is 0 Å². The summed E-state index contributed by atoms with van der Waals surface area (Å²) in [6.45, 7) is 3.55. The quantitative estimate of drug-likeness (QED) is 0.498. The minimum absolute atomic E-state index is 0.224. The Hall–Kier alpha value is -3.56. The molecule has 0 amide bonds. The molecule has 0 aliphatic heterocycles. The molecule has 0 aromatic carbocycles. The molecule has 7 nitrogen and oxygen atoms in total. The fourth-order valence-corrected chi connectivity index (χ4v) is 3.30. The normalized spacial score (nSPS) is 11.4. The van der Waals surface area contributed by atoms with E-state index in [1.165, 1.54) is 18.5 Å². The number of halogens is 3. The van der Waals surface area contributed by atoms with Gasteiger partial charge in [0.15, 0.2) is 5.82 Å². The lowest BCUT2D eigenvalue weighted by molar-refractivity contribution is 0.142. The van der Waals surface area contributed by atoms with E-state index in [2.05, 4.69) is 25.1 Å².